The van der Waals surface area contributed by atoms with Crippen LogP contribution in [0.4, 0.5) is 13.2 Å². The number of nitrogens with one attached hydrogen (secondary N) is 2. The Morgan fingerprint density at radius 2 is 2.11 bits per heavy atom. The van der Waals surface area contributed by atoms with Crippen LogP contribution in [0.25, 0.3) is 0 Å². The van der Waals surface area contributed by atoms with Gasteiger partial charge in [0.25, 0.3) is 0 Å². The van der Waals surface area contributed by atoms with Gasteiger partial charge in [0.2, 0.25) is 0 Å². The Bertz CT molecular complexity index is 520. The minimum absolute atomic E-state index is 0.175. The maximum absolute atomic E-state index is 12.6. The number of halogens is 3. The predicted octanol–water partition coefficient (Wildman–Crippen LogP) is 3.28. The van der Waals surface area contributed by atoms with Crippen molar-refractivity contribution in [1.29, 1.82) is 0 Å². The largest absolute Gasteiger partial charge is 0.416 e. The molecular weight excluding hydrogens is 255 g/mol. The Morgan fingerprint density at radius 1 is 1.32 bits per heavy atom. The molecule has 1 aromatic heterocycles. The molecule has 0 amide bonds. The number of alkyl halides is 3. The Hall–Kier alpha value is -1.82. The van der Waals surface area contributed by atoms with Gasteiger partial charge in [-0.1, -0.05) is 12.1 Å². The van der Waals surface area contributed by atoms with Gasteiger partial charge in [-0.15, -0.1) is 0 Å². The van der Waals surface area contributed by atoms with Crippen LogP contribution in [-0.2, 0) is 12.7 Å². The van der Waals surface area contributed by atoms with Crippen molar-refractivity contribution in [2.75, 3.05) is 0 Å². The Balaban J connectivity index is 2.04. The first kappa shape index (κ1) is 13.6. The number of hydrogen-bond donors (Lipinski definition) is 2. The summed E-state index contributed by atoms with van der Waals surface area (Å²) >= 11 is 0. The molecule has 1 unspecified atom stereocenters. The Labute approximate surface area is 108 Å². The molecule has 102 valence electrons. The van der Waals surface area contributed by atoms with Gasteiger partial charge in [-0.05, 0) is 30.7 Å². The minimum atomic E-state index is -4.31. The molecule has 0 bridgehead atoms. The molecule has 0 saturated carbocycles. The van der Waals surface area contributed by atoms with Crippen molar-refractivity contribution in [2.45, 2.75) is 25.7 Å². The first-order valence-corrected chi connectivity index (χ1v) is 5.85. The van der Waals surface area contributed by atoms with Gasteiger partial charge in [-0.3, -0.25) is 5.10 Å². The highest BCUT2D eigenvalue weighted by atomic mass is 19.4. The molecule has 19 heavy (non-hydrogen) atoms. The number of H-pyrrole nitrogens is 1. The molecule has 0 radical (unpaired) electrons. The zero-order chi connectivity index (χ0) is 13.9. The lowest BCUT2D eigenvalue weighted by Crippen LogP contribution is -2.19. The van der Waals surface area contributed by atoms with Crippen molar-refractivity contribution in [3.8, 4) is 0 Å². The highest BCUT2D eigenvalue weighted by Gasteiger charge is 2.30. The molecule has 0 aliphatic carbocycles. The topological polar surface area (TPSA) is 40.7 Å². The predicted molar refractivity (Wildman–Crippen MR) is 65.3 cm³/mol. The molecule has 2 rings (SSSR count). The first-order chi connectivity index (χ1) is 8.97. The van der Waals surface area contributed by atoms with Crippen molar-refractivity contribution >= 4 is 0 Å². The van der Waals surface area contributed by atoms with E-state index in [4.69, 9.17) is 0 Å². The number of aromatic nitrogens is 2. The first-order valence-electron chi connectivity index (χ1n) is 5.85. The SMILES string of the molecule is CC(NCc1ccn[nH]1)c1cccc(C(F)(F)F)c1. The third kappa shape index (κ3) is 3.57. The molecule has 1 aromatic carbocycles. The maximum Gasteiger partial charge on any atom is 0.416 e. The molecule has 3 nitrogen and oxygen atoms in total. The van der Waals surface area contributed by atoms with E-state index in [1.807, 2.05) is 13.0 Å². The molecule has 0 fully saturated rings. The van der Waals surface area contributed by atoms with Crippen LogP contribution in [0.3, 0.4) is 0 Å². The Morgan fingerprint density at radius 3 is 2.74 bits per heavy atom. The summed E-state index contributed by atoms with van der Waals surface area (Å²) in [6.45, 7) is 2.35. The number of nitrogens with zero attached hydrogens (tertiary/aromatic N) is 1. The summed E-state index contributed by atoms with van der Waals surface area (Å²) < 4.78 is 37.8. The molecule has 0 spiro atoms. The van der Waals surface area contributed by atoms with Crippen LogP contribution in [0.5, 0.6) is 0 Å². The third-order valence-corrected chi connectivity index (χ3v) is 2.87. The van der Waals surface area contributed by atoms with Crippen LogP contribution in [0, 0.1) is 0 Å². The van der Waals surface area contributed by atoms with Gasteiger partial charge in [-0.2, -0.15) is 18.3 Å². The molecule has 6 heteroatoms. The van der Waals surface area contributed by atoms with Gasteiger partial charge in [-0.25, -0.2) is 0 Å². The van der Waals surface area contributed by atoms with E-state index in [2.05, 4.69) is 15.5 Å². The van der Waals surface area contributed by atoms with Crippen LogP contribution >= 0.6 is 0 Å². The van der Waals surface area contributed by atoms with Crippen molar-refractivity contribution in [1.82, 2.24) is 15.5 Å². The van der Waals surface area contributed by atoms with Gasteiger partial charge < -0.3 is 5.32 Å². The van der Waals surface area contributed by atoms with Crippen molar-refractivity contribution in [3.05, 3.63) is 53.3 Å². The number of hydrogen-bond acceptors (Lipinski definition) is 2. The van der Waals surface area contributed by atoms with Gasteiger partial charge in [0.1, 0.15) is 0 Å². The smallest absolute Gasteiger partial charge is 0.305 e. The zero-order valence-corrected chi connectivity index (χ0v) is 10.3. The average molecular weight is 269 g/mol. The summed E-state index contributed by atoms with van der Waals surface area (Å²) in [4.78, 5) is 0. The molecule has 2 aromatic rings. The van der Waals surface area contributed by atoms with Crippen LogP contribution in [0.15, 0.2) is 36.5 Å². The van der Waals surface area contributed by atoms with E-state index in [0.29, 0.717) is 12.1 Å². The number of rotatable bonds is 4. The van der Waals surface area contributed by atoms with Crippen molar-refractivity contribution in [2.24, 2.45) is 0 Å². The summed E-state index contributed by atoms with van der Waals surface area (Å²) in [5.41, 5.74) is 0.869. The molecule has 2 N–H and O–H groups in total. The van der Waals surface area contributed by atoms with Gasteiger partial charge in [0.05, 0.1) is 5.56 Å². The summed E-state index contributed by atoms with van der Waals surface area (Å²) in [5, 5.41) is 9.73. The average Bonchev–Trinajstić information content (AvgIpc) is 2.88. The molecule has 0 aliphatic rings. The summed E-state index contributed by atoms with van der Waals surface area (Å²) in [5.74, 6) is 0. The van der Waals surface area contributed by atoms with Crippen molar-refractivity contribution in [3.63, 3.8) is 0 Å². The minimum Gasteiger partial charge on any atom is -0.305 e. The zero-order valence-electron chi connectivity index (χ0n) is 10.3. The van der Waals surface area contributed by atoms with E-state index in [1.54, 1.807) is 12.3 Å². The summed E-state index contributed by atoms with van der Waals surface area (Å²) in [6, 6.07) is 6.99. The van der Waals surface area contributed by atoms with E-state index in [1.165, 1.54) is 12.1 Å². The molecular formula is C13H14F3N3. The van der Waals surface area contributed by atoms with E-state index < -0.39 is 11.7 Å². The molecule has 0 saturated heterocycles. The van der Waals surface area contributed by atoms with Crippen LogP contribution in [0.1, 0.15) is 29.8 Å². The fraction of sp³-hybridized carbons (Fsp3) is 0.308. The van der Waals surface area contributed by atoms with E-state index in [-0.39, 0.29) is 6.04 Å². The number of aromatic amines is 1. The highest BCUT2D eigenvalue weighted by molar-refractivity contribution is 5.27. The van der Waals surface area contributed by atoms with E-state index >= 15 is 0 Å². The second-order valence-corrected chi connectivity index (χ2v) is 4.31. The summed E-state index contributed by atoms with van der Waals surface area (Å²) in [6.07, 6.45) is -2.68. The van der Waals surface area contributed by atoms with Crippen LogP contribution in [0.2, 0.25) is 0 Å². The lowest BCUT2D eigenvalue weighted by Gasteiger charge is -2.15. The van der Waals surface area contributed by atoms with Crippen LogP contribution in [-0.4, -0.2) is 10.2 Å². The normalized spacial score (nSPS) is 13.5. The Kier molecular flexibility index (Phi) is 3.90. The molecule has 0 aliphatic heterocycles. The monoisotopic (exact) mass is 269 g/mol. The number of benzene rings is 1. The summed E-state index contributed by atoms with van der Waals surface area (Å²) in [7, 11) is 0. The van der Waals surface area contributed by atoms with Gasteiger partial charge in [0, 0.05) is 24.5 Å². The standard InChI is InChI=1S/C13H14F3N3/c1-9(17-8-12-5-6-18-19-12)10-3-2-4-11(7-10)13(14,15)16/h2-7,9,17H,8H2,1H3,(H,18,19). The quantitative estimate of drug-likeness (QED) is 0.894. The molecule has 1 atom stereocenters. The maximum atomic E-state index is 12.6. The van der Waals surface area contributed by atoms with Gasteiger partial charge in [0.15, 0.2) is 0 Å². The van der Waals surface area contributed by atoms with Gasteiger partial charge >= 0.3 is 6.18 Å². The highest BCUT2D eigenvalue weighted by Crippen LogP contribution is 2.30. The third-order valence-electron chi connectivity index (χ3n) is 2.87. The fourth-order valence-electron chi connectivity index (χ4n) is 1.75. The van der Waals surface area contributed by atoms with Crippen LogP contribution < -0.4 is 5.32 Å². The van der Waals surface area contributed by atoms with E-state index in [0.717, 1.165) is 11.8 Å². The van der Waals surface area contributed by atoms with Crippen molar-refractivity contribution < 1.29 is 13.2 Å². The fourth-order valence-corrected chi connectivity index (χ4v) is 1.75. The second-order valence-electron chi connectivity index (χ2n) is 4.31. The van der Waals surface area contributed by atoms with E-state index in [9.17, 15) is 13.2 Å². The lowest BCUT2D eigenvalue weighted by molar-refractivity contribution is -0.137. The second kappa shape index (κ2) is 5.44. The lowest BCUT2D eigenvalue weighted by atomic mass is 10.0. The molecule has 1 heterocycles.